The molecule has 0 radical (unpaired) electrons. The Morgan fingerprint density at radius 1 is 1.56 bits per heavy atom. The van der Waals surface area contributed by atoms with Crippen LogP contribution in [0.25, 0.3) is 0 Å². The zero-order chi connectivity index (χ0) is 13.4. The summed E-state index contributed by atoms with van der Waals surface area (Å²) in [5.41, 5.74) is 0. The van der Waals surface area contributed by atoms with Gasteiger partial charge in [-0.25, -0.2) is 9.78 Å². The zero-order valence-electron chi connectivity index (χ0n) is 10.3. The topological polar surface area (TPSA) is 98.3 Å². The molecule has 1 heterocycles. The molecule has 1 aromatic heterocycles. The van der Waals surface area contributed by atoms with E-state index in [4.69, 9.17) is 5.11 Å². The van der Waals surface area contributed by atoms with Crippen molar-refractivity contribution in [2.24, 2.45) is 0 Å². The number of hydrogen-bond donors (Lipinski definition) is 3. The summed E-state index contributed by atoms with van der Waals surface area (Å²) in [6.45, 7) is 0.925. The summed E-state index contributed by atoms with van der Waals surface area (Å²) in [4.78, 5) is 30.4. The average molecular weight is 254 g/mol. The standard InChI is InChI=1S/C11H18N4O3/c1-15(8-2-3-10(16)17)11(18)14-5-4-9-12-6-7-13-9/h6-7H,2-5,8H2,1H3,(H,12,13)(H,14,18)(H,16,17). The number of imidazole rings is 1. The number of aliphatic carboxylic acids is 1. The summed E-state index contributed by atoms with van der Waals surface area (Å²) in [6.07, 6.45) is 4.56. The number of carboxylic acids is 1. The molecule has 0 atom stereocenters. The molecule has 18 heavy (non-hydrogen) atoms. The summed E-state index contributed by atoms with van der Waals surface area (Å²) < 4.78 is 0. The molecule has 1 rings (SSSR count). The number of carboxylic acid groups (broad SMARTS) is 1. The van der Waals surface area contributed by atoms with Crippen molar-refractivity contribution in [3.63, 3.8) is 0 Å². The third kappa shape index (κ3) is 5.33. The molecule has 0 spiro atoms. The average Bonchev–Trinajstić information content (AvgIpc) is 2.81. The van der Waals surface area contributed by atoms with Crippen LogP contribution in [0.3, 0.4) is 0 Å². The van der Waals surface area contributed by atoms with E-state index in [9.17, 15) is 9.59 Å². The van der Waals surface area contributed by atoms with Gasteiger partial charge in [0, 0.05) is 45.4 Å². The van der Waals surface area contributed by atoms with Gasteiger partial charge in [0.1, 0.15) is 5.82 Å². The second-order valence-corrected chi connectivity index (χ2v) is 3.94. The van der Waals surface area contributed by atoms with E-state index in [0.29, 0.717) is 25.9 Å². The van der Waals surface area contributed by atoms with Gasteiger partial charge in [-0.15, -0.1) is 0 Å². The third-order valence-corrected chi connectivity index (χ3v) is 2.42. The predicted molar refractivity (Wildman–Crippen MR) is 65.2 cm³/mol. The minimum absolute atomic E-state index is 0.0734. The van der Waals surface area contributed by atoms with E-state index in [1.165, 1.54) is 4.90 Å². The fourth-order valence-electron chi connectivity index (χ4n) is 1.43. The fourth-order valence-corrected chi connectivity index (χ4v) is 1.43. The summed E-state index contributed by atoms with van der Waals surface area (Å²) in [5, 5.41) is 11.2. The van der Waals surface area contributed by atoms with Crippen LogP contribution >= 0.6 is 0 Å². The molecule has 0 aliphatic rings. The molecule has 0 saturated carbocycles. The smallest absolute Gasteiger partial charge is 0.317 e. The van der Waals surface area contributed by atoms with E-state index in [1.54, 1.807) is 19.4 Å². The molecule has 0 aliphatic carbocycles. The van der Waals surface area contributed by atoms with Crippen LogP contribution in [0.15, 0.2) is 12.4 Å². The van der Waals surface area contributed by atoms with Gasteiger partial charge in [0.15, 0.2) is 0 Å². The van der Waals surface area contributed by atoms with E-state index >= 15 is 0 Å². The number of nitrogens with zero attached hydrogens (tertiary/aromatic N) is 2. The van der Waals surface area contributed by atoms with Gasteiger partial charge < -0.3 is 20.3 Å². The van der Waals surface area contributed by atoms with E-state index in [0.717, 1.165) is 5.82 Å². The van der Waals surface area contributed by atoms with E-state index < -0.39 is 5.97 Å². The number of amides is 2. The highest BCUT2D eigenvalue weighted by atomic mass is 16.4. The van der Waals surface area contributed by atoms with Gasteiger partial charge in [-0.1, -0.05) is 0 Å². The molecular formula is C11H18N4O3. The largest absolute Gasteiger partial charge is 0.481 e. The van der Waals surface area contributed by atoms with Crippen LogP contribution < -0.4 is 5.32 Å². The highest BCUT2D eigenvalue weighted by Crippen LogP contribution is 1.94. The maximum Gasteiger partial charge on any atom is 0.317 e. The molecule has 7 nitrogen and oxygen atoms in total. The number of H-pyrrole nitrogens is 1. The molecule has 1 aromatic rings. The lowest BCUT2D eigenvalue weighted by Crippen LogP contribution is -2.38. The van der Waals surface area contributed by atoms with Crippen LogP contribution in [0, 0.1) is 0 Å². The lowest BCUT2D eigenvalue weighted by atomic mass is 10.3. The lowest BCUT2D eigenvalue weighted by Gasteiger charge is -2.17. The first kappa shape index (κ1) is 14.0. The quantitative estimate of drug-likeness (QED) is 0.658. The molecule has 7 heteroatoms. The summed E-state index contributed by atoms with van der Waals surface area (Å²) >= 11 is 0. The predicted octanol–water partition coefficient (Wildman–Crippen LogP) is 0.458. The number of nitrogens with one attached hydrogen (secondary N) is 2. The minimum Gasteiger partial charge on any atom is -0.481 e. The molecule has 2 amide bonds. The number of rotatable bonds is 7. The van der Waals surface area contributed by atoms with Crippen molar-refractivity contribution in [3.8, 4) is 0 Å². The van der Waals surface area contributed by atoms with Crippen molar-refractivity contribution >= 4 is 12.0 Å². The molecule has 0 unspecified atom stereocenters. The van der Waals surface area contributed by atoms with Crippen LogP contribution in [0.1, 0.15) is 18.7 Å². The number of aromatic amines is 1. The Bertz CT molecular complexity index is 378. The molecular weight excluding hydrogens is 236 g/mol. The first-order valence-corrected chi connectivity index (χ1v) is 5.78. The van der Waals surface area contributed by atoms with Crippen LogP contribution in [0.2, 0.25) is 0 Å². The lowest BCUT2D eigenvalue weighted by molar-refractivity contribution is -0.137. The SMILES string of the molecule is CN(CCCC(=O)O)C(=O)NCCc1ncc[nH]1. The second-order valence-electron chi connectivity index (χ2n) is 3.94. The number of aromatic nitrogens is 2. The van der Waals surface area contributed by atoms with Crippen molar-refractivity contribution in [1.29, 1.82) is 0 Å². The van der Waals surface area contributed by atoms with Gasteiger partial charge in [-0.05, 0) is 6.42 Å². The normalized spacial score (nSPS) is 10.1. The van der Waals surface area contributed by atoms with E-state index in [1.807, 2.05) is 0 Å². The van der Waals surface area contributed by atoms with Crippen LogP contribution in [-0.2, 0) is 11.2 Å². The van der Waals surface area contributed by atoms with Crippen molar-refractivity contribution in [2.45, 2.75) is 19.3 Å². The van der Waals surface area contributed by atoms with Crippen molar-refractivity contribution in [2.75, 3.05) is 20.1 Å². The Hall–Kier alpha value is -2.05. The zero-order valence-corrected chi connectivity index (χ0v) is 10.3. The monoisotopic (exact) mass is 254 g/mol. The maximum atomic E-state index is 11.6. The van der Waals surface area contributed by atoms with Gasteiger partial charge in [0.05, 0.1) is 0 Å². The van der Waals surface area contributed by atoms with Gasteiger partial charge in [0.2, 0.25) is 0 Å². The van der Waals surface area contributed by atoms with Crippen molar-refractivity contribution in [1.82, 2.24) is 20.2 Å². The summed E-state index contributed by atoms with van der Waals surface area (Å²) in [7, 11) is 1.64. The van der Waals surface area contributed by atoms with Crippen LogP contribution in [-0.4, -0.2) is 52.1 Å². The Morgan fingerprint density at radius 2 is 2.33 bits per heavy atom. The van der Waals surface area contributed by atoms with Gasteiger partial charge in [-0.3, -0.25) is 4.79 Å². The summed E-state index contributed by atoms with van der Waals surface area (Å²) in [6, 6.07) is -0.202. The van der Waals surface area contributed by atoms with E-state index in [2.05, 4.69) is 15.3 Å². The molecule has 3 N–H and O–H groups in total. The highest BCUT2D eigenvalue weighted by molar-refractivity contribution is 5.73. The first-order valence-electron chi connectivity index (χ1n) is 5.78. The Kier molecular flexibility index (Phi) is 5.69. The Labute approximate surface area is 105 Å². The van der Waals surface area contributed by atoms with Gasteiger partial charge in [-0.2, -0.15) is 0 Å². The van der Waals surface area contributed by atoms with Crippen molar-refractivity contribution < 1.29 is 14.7 Å². The molecule has 0 saturated heterocycles. The number of urea groups is 1. The molecule has 0 bridgehead atoms. The molecule has 0 aliphatic heterocycles. The molecule has 0 aromatic carbocycles. The molecule has 100 valence electrons. The Morgan fingerprint density at radius 3 is 2.94 bits per heavy atom. The number of hydrogen-bond acceptors (Lipinski definition) is 3. The Balaban J connectivity index is 2.13. The highest BCUT2D eigenvalue weighted by Gasteiger charge is 2.08. The van der Waals surface area contributed by atoms with Gasteiger partial charge >= 0.3 is 12.0 Å². The number of carbonyl (C=O) groups excluding carboxylic acids is 1. The second kappa shape index (κ2) is 7.31. The fraction of sp³-hybridized carbons (Fsp3) is 0.545. The first-order chi connectivity index (χ1) is 8.59. The number of carbonyl (C=O) groups is 2. The van der Waals surface area contributed by atoms with E-state index in [-0.39, 0.29) is 12.5 Å². The maximum absolute atomic E-state index is 11.6. The summed E-state index contributed by atoms with van der Waals surface area (Å²) in [5.74, 6) is -0.0227. The molecule has 0 fully saturated rings. The minimum atomic E-state index is -0.846. The van der Waals surface area contributed by atoms with Gasteiger partial charge in [0.25, 0.3) is 0 Å². The van der Waals surface area contributed by atoms with Crippen molar-refractivity contribution in [3.05, 3.63) is 18.2 Å². The van der Waals surface area contributed by atoms with Crippen LogP contribution in [0.4, 0.5) is 4.79 Å². The third-order valence-electron chi connectivity index (χ3n) is 2.42. The van der Waals surface area contributed by atoms with Crippen LogP contribution in [0.5, 0.6) is 0 Å².